The fourth-order valence-electron chi connectivity index (χ4n) is 2.21. The highest BCUT2D eigenvalue weighted by molar-refractivity contribution is 7.92. The van der Waals surface area contributed by atoms with Crippen LogP contribution >= 0.6 is 11.6 Å². The summed E-state index contributed by atoms with van der Waals surface area (Å²) in [5.74, 6) is -0.600. The van der Waals surface area contributed by atoms with Crippen LogP contribution < -0.4 is 5.32 Å². The van der Waals surface area contributed by atoms with Crippen LogP contribution in [0.1, 0.15) is 12.8 Å². The molecule has 5 nitrogen and oxygen atoms in total. The van der Waals surface area contributed by atoms with Crippen molar-refractivity contribution in [1.82, 2.24) is 4.98 Å². The van der Waals surface area contributed by atoms with E-state index in [4.69, 9.17) is 16.3 Å². The number of hydrogen-bond acceptors (Lipinski definition) is 5. The normalized spacial score (nSPS) is 18.8. The smallest absolute Gasteiger partial charge is 0.166 e. The zero-order valence-corrected chi connectivity index (χ0v) is 12.6. The van der Waals surface area contributed by atoms with E-state index in [1.54, 1.807) is 0 Å². The Morgan fingerprint density at radius 2 is 2.15 bits per heavy atom. The van der Waals surface area contributed by atoms with Gasteiger partial charge in [-0.2, -0.15) is 0 Å². The summed E-state index contributed by atoms with van der Waals surface area (Å²) in [5, 5.41) is 2.97. The first kappa shape index (κ1) is 15.5. The van der Waals surface area contributed by atoms with Gasteiger partial charge in [0.2, 0.25) is 0 Å². The molecule has 112 valence electrons. The molecule has 1 N–H and O–H groups in total. The number of rotatable bonds is 4. The summed E-state index contributed by atoms with van der Waals surface area (Å²) < 4.78 is 42.0. The van der Waals surface area contributed by atoms with E-state index >= 15 is 0 Å². The lowest BCUT2D eigenvalue weighted by Gasteiger charge is -2.35. The lowest BCUT2D eigenvalue weighted by molar-refractivity contribution is 0.0776. The molecule has 1 fully saturated rings. The lowest BCUT2D eigenvalue weighted by atomic mass is 9.99. The largest absolute Gasteiger partial charge is 0.381 e. The quantitative estimate of drug-likeness (QED) is 0.916. The fourth-order valence-corrected chi connectivity index (χ4v) is 3.60. The maximum atomic E-state index is 13.6. The summed E-state index contributed by atoms with van der Waals surface area (Å²) in [5.41, 5.74) is 0. The first-order valence-corrected chi connectivity index (χ1v) is 8.43. The van der Waals surface area contributed by atoms with Crippen LogP contribution in [0, 0.1) is 5.82 Å². The van der Waals surface area contributed by atoms with Crippen molar-refractivity contribution in [2.75, 3.05) is 31.3 Å². The first-order chi connectivity index (χ1) is 9.34. The molecular formula is C12H16ClFN2O3S. The van der Waals surface area contributed by atoms with Gasteiger partial charge in [-0.1, -0.05) is 11.6 Å². The van der Waals surface area contributed by atoms with Gasteiger partial charge in [0.1, 0.15) is 0 Å². The highest BCUT2D eigenvalue weighted by atomic mass is 35.5. The van der Waals surface area contributed by atoms with Crippen molar-refractivity contribution in [3.05, 3.63) is 23.1 Å². The molecular weight excluding hydrogens is 307 g/mol. The van der Waals surface area contributed by atoms with Gasteiger partial charge >= 0.3 is 0 Å². The Bertz CT molecular complexity index is 588. The monoisotopic (exact) mass is 322 g/mol. The van der Waals surface area contributed by atoms with Gasteiger partial charge in [0.15, 0.2) is 21.5 Å². The molecule has 0 atom stereocenters. The van der Waals surface area contributed by atoms with E-state index in [-0.39, 0.29) is 17.4 Å². The second-order valence-electron chi connectivity index (χ2n) is 4.91. The molecule has 1 aliphatic rings. The van der Waals surface area contributed by atoms with Crippen LogP contribution in [-0.2, 0) is 14.6 Å². The number of pyridine rings is 1. The number of nitrogens with zero attached hydrogens (tertiary/aromatic N) is 1. The maximum absolute atomic E-state index is 13.6. The van der Waals surface area contributed by atoms with Gasteiger partial charge in [-0.25, -0.2) is 17.8 Å². The Hall–Kier alpha value is -0.920. The summed E-state index contributed by atoms with van der Waals surface area (Å²) in [6.45, 7) is 0.858. The lowest BCUT2D eigenvalue weighted by Crippen LogP contribution is -2.48. The van der Waals surface area contributed by atoms with Crippen LogP contribution in [0.4, 0.5) is 10.2 Å². The van der Waals surface area contributed by atoms with Crippen LogP contribution in [-0.4, -0.2) is 44.2 Å². The van der Waals surface area contributed by atoms with Gasteiger partial charge in [-0.15, -0.1) is 0 Å². The molecule has 0 aromatic carbocycles. The Labute approximate surface area is 122 Å². The predicted molar refractivity (Wildman–Crippen MR) is 75.3 cm³/mol. The number of nitrogens with one attached hydrogen (secondary N) is 1. The van der Waals surface area contributed by atoms with Crippen LogP contribution in [0.3, 0.4) is 0 Å². The van der Waals surface area contributed by atoms with Gasteiger partial charge in [-0.05, 0) is 18.9 Å². The molecule has 0 spiro atoms. The number of sulfone groups is 1. The van der Waals surface area contributed by atoms with Crippen molar-refractivity contribution in [2.45, 2.75) is 17.6 Å². The summed E-state index contributed by atoms with van der Waals surface area (Å²) in [6.07, 6.45) is 3.28. The molecule has 1 aliphatic heterocycles. The molecule has 20 heavy (non-hydrogen) atoms. The Balaban J connectivity index is 2.17. The van der Waals surface area contributed by atoms with Crippen molar-refractivity contribution in [2.24, 2.45) is 0 Å². The molecule has 1 aromatic heterocycles. The Morgan fingerprint density at radius 1 is 1.50 bits per heavy atom. The standard InChI is InChI=1S/C12H16ClFN2O3S/c1-20(17,18)12(2-4-19-5-3-12)8-16-11-10(14)6-9(13)7-15-11/h6-7H,2-5,8H2,1H3,(H,15,16). The third-order valence-electron chi connectivity index (χ3n) is 3.58. The molecule has 0 amide bonds. The average Bonchev–Trinajstić information content (AvgIpc) is 2.37. The van der Waals surface area contributed by atoms with E-state index in [0.717, 1.165) is 6.07 Å². The first-order valence-electron chi connectivity index (χ1n) is 6.16. The van der Waals surface area contributed by atoms with Gasteiger partial charge in [-0.3, -0.25) is 0 Å². The third-order valence-corrected chi connectivity index (χ3v) is 5.91. The highest BCUT2D eigenvalue weighted by Gasteiger charge is 2.42. The zero-order valence-electron chi connectivity index (χ0n) is 11.0. The second kappa shape index (κ2) is 5.83. The summed E-state index contributed by atoms with van der Waals surface area (Å²) in [7, 11) is -3.30. The molecule has 1 aromatic rings. The molecule has 0 unspecified atom stereocenters. The topological polar surface area (TPSA) is 68.3 Å². The van der Waals surface area contributed by atoms with E-state index < -0.39 is 20.4 Å². The number of halogens is 2. The average molecular weight is 323 g/mol. The minimum atomic E-state index is -3.30. The van der Waals surface area contributed by atoms with Gasteiger partial charge in [0.25, 0.3) is 0 Å². The molecule has 2 heterocycles. The van der Waals surface area contributed by atoms with Crippen molar-refractivity contribution in [3.8, 4) is 0 Å². The van der Waals surface area contributed by atoms with Crippen LogP contribution in [0.2, 0.25) is 5.02 Å². The second-order valence-corrected chi connectivity index (χ2v) is 7.75. The van der Waals surface area contributed by atoms with E-state index in [1.165, 1.54) is 12.5 Å². The molecule has 0 radical (unpaired) electrons. The van der Waals surface area contributed by atoms with E-state index in [9.17, 15) is 12.8 Å². The fraction of sp³-hybridized carbons (Fsp3) is 0.583. The molecule has 0 aliphatic carbocycles. The molecule has 0 bridgehead atoms. The van der Waals surface area contributed by atoms with E-state index in [2.05, 4.69) is 10.3 Å². The van der Waals surface area contributed by atoms with Crippen molar-refractivity contribution < 1.29 is 17.5 Å². The van der Waals surface area contributed by atoms with Gasteiger partial charge in [0, 0.05) is 32.2 Å². The van der Waals surface area contributed by atoms with Gasteiger partial charge in [0.05, 0.1) is 9.77 Å². The minimum Gasteiger partial charge on any atom is -0.381 e. The number of hydrogen-bond donors (Lipinski definition) is 1. The minimum absolute atomic E-state index is 0.00363. The Morgan fingerprint density at radius 3 is 2.70 bits per heavy atom. The van der Waals surface area contributed by atoms with Crippen molar-refractivity contribution in [1.29, 1.82) is 0 Å². The van der Waals surface area contributed by atoms with E-state index in [0.29, 0.717) is 26.1 Å². The van der Waals surface area contributed by atoms with Crippen LogP contribution in [0.25, 0.3) is 0 Å². The number of aromatic nitrogens is 1. The maximum Gasteiger partial charge on any atom is 0.166 e. The van der Waals surface area contributed by atoms with Gasteiger partial charge < -0.3 is 10.1 Å². The summed E-state index contributed by atoms with van der Waals surface area (Å²) in [4.78, 5) is 3.83. The van der Waals surface area contributed by atoms with E-state index in [1.807, 2.05) is 0 Å². The molecule has 8 heteroatoms. The Kier molecular flexibility index (Phi) is 4.51. The summed E-state index contributed by atoms with van der Waals surface area (Å²) in [6, 6.07) is 1.13. The predicted octanol–water partition coefficient (Wildman–Crippen LogP) is 1.88. The molecule has 1 saturated heterocycles. The van der Waals surface area contributed by atoms with Crippen molar-refractivity contribution in [3.63, 3.8) is 0 Å². The molecule has 2 rings (SSSR count). The summed E-state index contributed by atoms with van der Waals surface area (Å²) >= 11 is 5.62. The van der Waals surface area contributed by atoms with Crippen LogP contribution in [0.5, 0.6) is 0 Å². The number of ether oxygens (including phenoxy) is 1. The number of anilines is 1. The van der Waals surface area contributed by atoms with Crippen LogP contribution in [0.15, 0.2) is 12.3 Å². The third kappa shape index (κ3) is 3.21. The zero-order chi connectivity index (χ0) is 14.8. The highest BCUT2D eigenvalue weighted by Crippen LogP contribution is 2.30. The molecule has 0 saturated carbocycles. The SMILES string of the molecule is CS(=O)(=O)C1(CNc2ncc(Cl)cc2F)CCOCC1. The van der Waals surface area contributed by atoms with Crippen molar-refractivity contribution >= 4 is 27.3 Å².